The van der Waals surface area contributed by atoms with E-state index >= 15 is 0 Å². The Bertz CT molecular complexity index is 1060. The van der Waals surface area contributed by atoms with Gasteiger partial charge >= 0.3 is 17.9 Å². The smallest absolute Gasteiger partial charge is 0.316 e. The van der Waals surface area contributed by atoms with Gasteiger partial charge in [0.1, 0.15) is 11.5 Å². The van der Waals surface area contributed by atoms with E-state index in [4.69, 9.17) is 28.8 Å². The molecule has 9 nitrogen and oxygen atoms in total. The quantitative estimate of drug-likeness (QED) is 0.169. The highest BCUT2D eigenvalue weighted by Gasteiger charge is 2.49. The predicted octanol–water partition coefficient (Wildman–Crippen LogP) is 6.88. The number of esters is 3. The third kappa shape index (κ3) is 10.2. The minimum absolute atomic E-state index is 0.0613. The Morgan fingerprint density at radius 2 is 1.55 bits per heavy atom. The van der Waals surface area contributed by atoms with E-state index in [1.807, 2.05) is 48.5 Å². The second kappa shape index (κ2) is 16.6. The fourth-order valence-corrected chi connectivity index (χ4v) is 5.21. The van der Waals surface area contributed by atoms with Crippen LogP contribution in [-0.2, 0) is 33.3 Å². The fraction of sp³-hybridized carbons (Fsp3) is 0.743. The summed E-state index contributed by atoms with van der Waals surface area (Å²) in [4.78, 5) is 35.1. The van der Waals surface area contributed by atoms with Crippen molar-refractivity contribution < 1.29 is 43.2 Å². The molecule has 1 aliphatic carbocycles. The van der Waals surface area contributed by atoms with E-state index in [0.717, 1.165) is 44.9 Å². The van der Waals surface area contributed by atoms with Crippen LogP contribution >= 0.6 is 0 Å². The normalized spacial score (nSPS) is 25.7. The fourth-order valence-electron chi connectivity index (χ4n) is 5.21. The van der Waals surface area contributed by atoms with Crippen molar-refractivity contribution in [2.45, 2.75) is 113 Å². The lowest BCUT2D eigenvalue weighted by Gasteiger charge is -2.28. The van der Waals surface area contributed by atoms with Gasteiger partial charge in [-0.3, -0.25) is 14.4 Å². The van der Waals surface area contributed by atoms with Crippen molar-refractivity contribution in [3.63, 3.8) is 0 Å². The van der Waals surface area contributed by atoms with Crippen molar-refractivity contribution in [1.82, 2.24) is 0 Å². The number of phenols is 1. The van der Waals surface area contributed by atoms with E-state index < -0.39 is 5.41 Å². The molecule has 1 N–H and O–H groups in total. The number of carbonyl (C=O) groups excluding carboxylic acids is 3. The van der Waals surface area contributed by atoms with Crippen LogP contribution in [0.4, 0.5) is 0 Å². The van der Waals surface area contributed by atoms with Gasteiger partial charge in [-0.05, 0) is 103 Å². The summed E-state index contributed by atoms with van der Waals surface area (Å²) >= 11 is 0. The summed E-state index contributed by atoms with van der Waals surface area (Å²) in [6.45, 7) is 17.4. The Balaban J connectivity index is 0.000000232. The summed E-state index contributed by atoms with van der Waals surface area (Å²) in [5, 5.41) is 9.06. The van der Waals surface area contributed by atoms with Crippen LogP contribution in [0.2, 0.25) is 0 Å². The zero-order chi connectivity index (χ0) is 33.1. The van der Waals surface area contributed by atoms with Crippen LogP contribution < -0.4 is 4.74 Å². The molecule has 0 aromatic heterocycles. The van der Waals surface area contributed by atoms with Gasteiger partial charge in [-0.2, -0.15) is 0 Å². The van der Waals surface area contributed by atoms with Gasteiger partial charge in [-0.25, -0.2) is 0 Å². The lowest BCUT2D eigenvalue weighted by atomic mass is 9.74. The third-order valence-electron chi connectivity index (χ3n) is 9.66. The number of benzene rings is 1. The minimum Gasteiger partial charge on any atom is -0.508 e. The number of rotatable bonds is 10. The molecule has 4 rings (SSSR count). The highest BCUT2D eigenvalue weighted by atomic mass is 16.6. The summed E-state index contributed by atoms with van der Waals surface area (Å²) in [6, 6.07) is 6.11. The average Bonchev–Trinajstić information content (AvgIpc) is 3.68. The van der Waals surface area contributed by atoms with Crippen molar-refractivity contribution in [3.8, 4) is 11.5 Å². The number of carbonyl (C=O) groups is 3. The van der Waals surface area contributed by atoms with Crippen molar-refractivity contribution in [2.75, 3.05) is 26.9 Å². The monoisotopic (exact) mass is 620 g/mol. The maximum atomic E-state index is 11.8. The van der Waals surface area contributed by atoms with Crippen LogP contribution in [0.15, 0.2) is 24.3 Å². The predicted molar refractivity (Wildman–Crippen MR) is 168 cm³/mol. The van der Waals surface area contributed by atoms with E-state index in [0.29, 0.717) is 49.6 Å². The van der Waals surface area contributed by atoms with Crippen LogP contribution in [0.25, 0.3) is 0 Å². The standard InChI is InChI=1S/C13H22O3.C12H16O3.C10H18O3/c1-4-13(2,3)12(14)15-8-9-5-6-10-11(7-9)16-10;1-4-12(2,3)11(14)15-10-7-5-9(13)6-8-10;1-4-8-6-13-7-10(8,5-2)9(11)12-3/h9-11H,4-8H2,1-3H3;5-8,13H,4H2,1-3H3;8H,4-7H2,1-3H3. The molecule has 1 aromatic rings. The van der Waals surface area contributed by atoms with Gasteiger partial charge in [0.25, 0.3) is 0 Å². The Kier molecular flexibility index (Phi) is 14.2. The van der Waals surface area contributed by atoms with Crippen molar-refractivity contribution in [2.24, 2.45) is 28.1 Å². The first-order valence-electron chi connectivity index (χ1n) is 16.2. The molecule has 3 aliphatic rings. The van der Waals surface area contributed by atoms with Gasteiger partial charge in [-0.15, -0.1) is 0 Å². The summed E-state index contributed by atoms with van der Waals surface area (Å²) in [6.07, 6.45) is 7.68. The van der Waals surface area contributed by atoms with Crippen molar-refractivity contribution in [1.29, 1.82) is 0 Å². The summed E-state index contributed by atoms with van der Waals surface area (Å²) in [5.41, 5.74) is -1.19. The third-order valence-corrected chi connectivity index (χ3v) is 9.66. The molecule has 44 heavy (non-hydrogen) atoms. The molecular formula is C35H56O9. The molecule has 0 spiro atoms. The maximum absolute atomic E-state index is 11.8. The van der Waals surface area contributed by atoms with Crippen molar-refractivity contribution in [3.05, 3.63) is 24.3 Å². The van der Waals surface area contributed by atoms with Gasteiger partial charge in [0.2, 0.25) is 0 Å². The molecule has 5 atom stereocenters. The SMILES string of the molecule is CCC(C)(C)C(=O)OCC1CCC2OC2C1.CCC(C)(C)C(=O)Oc1ccc(O)cc1.CCC1COCC1(CC)C(=O)OC. The van der Waals surface area contributed by atoms with E-state index in [-0.39, 0.29) is 34.5 Å². The van der Waals surface area contributed by atoms with Crippen molar-refractivity contribution >= 4 is 17.9 Å². The summed E-state index contributed by atoms with van der Waals surface area (Å²) < 4.78 is 26.3. The number of hydrogen-bond donors (Lipinski definition) is 1. The van der Waals surface area contributed by atoms with Gasteiger partial charge in [0.05, 0.1) is 55.4 Å². The zero-order valence-corrected chi connectivity index (χ0v) is 28.4. The number of hydrogen-bond acceptors (Lipinski definition) is 9. The first-order chi connectivity index (χ1) is 20.7. The van der Waals surface area contributed by atoms with E-state index in [1.165, 1.54) is 19.2 Å². The topological polar surface area (TPSA) is 121 Å². The maximum Gasteiger partial charge on any atom is 0.316 e. The molecule has 1 saturated carbocycles. The molecule has 2 heterocycles. The second-order valence-corrected chi connectivity index (χ2v) is 13.5. The number of aromatic hydroxyl groups is 1. The molecule has 0 radical (unpaired) electrons. The van der Waals surface area contributed by atoms with Gasteiger partial charge < -0.3 is 28.8 Å². The number of epoxide rings is 1. The Labute approximate surface area is 264 Å². The lowest BCUT2D eigenvalue weighted by molar-refractivity contribution is -0.156. The molecule has 2 saturated heterocycles. The lowest BCUT2D eigenvalue weighted by Crippen LogP contribution is -2.38. The highest BCUT2D eigenvalue weighted by molar-refractivity contribution is 5.78. The first kappa shape index (κ1) is 37.5. The average molecular weight is 621 g/mol. The van der Waals surface area contributed by atoms with Gasteiger partial charge in [0.15, 0.2) is 0 Å². The molecule has 0 bridgehead atoms. The van der Waals surface area contributed by atoms with E-state index in [2.05, 4.69) is 6.92 Å². The Morgan fingerprint density at radius 1 is 0.932 bits per heavy atom. The zero-order valence-electron chi connectivity index (χ0n) is 28.4. The van der Waals surface area contributed by atoms with E-state index in [1.54, 1.807) is 12.1 Å². The summed E-state index contributed by atoms with van der Waals surface area (Å²) in [7, 11) is 1.45. The highest BCUT2D eigenvalue weighted by Crippen LogP contribution is 2.41. The molecular weight excluding hydrogens is 564 g/mol. The van der Waals surface area contributed by atoms with Crippen LogP contribution in [0, 0.1) is 28.1 Å². The number of methoxy groups -OCH3 is 1. The largest absolute Gasteiger partial charge is 0.508 e. The van der Waals surface area contributed by atoms with Crippen LogP contribution in [0.3, 0.4) is 0 Å². The van der Waals surface area contributed by atoms with Crippen LogP contribution in [-0.4, -0.2) is 62.2 Å². The number of fused-ring (bicyclic) bond motifs is 1. The molecule has 5 unspecified atom stereocenters. The molecule has 2 aliphatic heterocycles. The Hall–Kier alpha value is -2.65. The van der Waals surface area contributed by atoms with Gasteiger partial charge in [0, 0.05) is 5.92 Å². The molecule has 3 fully saturated rings. The summed E-state index contributed by atoms with van der Waals surface area (Å²) in [5.74, 6) is 1.03. The van der Waals surface area contributed by atoms with Crippen LogP contribution in [0.5, 0.6) is 11.5 Å². The second-order valence-electron chi connectivity index (χ2n) is 13.5. The molecule has 9 heteroatoms. The molecule has 1 aromatic carbocycles. The number of phenolic OH excluding ortho intramolecular Hbond substituents is 1. The number of ether oxygens (including phenoxy) is 5. The first-order valence-corrected chi connectivity index (χ1v) is 16.2. The molecule has 0 amide bonds. The molecule has 250 valence electrons. The van der Waals surface area contributed by atoms with E-state index in [9.17, 15) is 14.4 Å². The van der Waals surface area contributed by atoms with Gasteiger partial charge in [-0.1, -0.05) is 27.7 Å². The van der Waals surface area contributed by atoms with Crippen LogP contribution in [0.1, 0.15) is 100 Å². The minimum atomic E-state index is -0.474. The Morgan fingerprint density at radius 3 is 2.07 bits per heavy atom.